The SMILES string of the molecule is O=C(NCc1cn2cccnc2n1)c1ccc2oc(CCCc3ccccc3)nc2c1. The number of aromatic nitrogens is 4. The summed E-state index contributed by atoms with van der Waals surface area (Å²) in [6, 6.07) is 17.5. The minimum absolute atomic E-state index is 0.180. The minimum atomic E-state index is -0.180. The molecule has 2 aromatic carbocycles. The van der Waals surface area contributed by atoms with E-state index in [1.54, 1.807) is 24.4 Å². The Morgan fingerprint density at radius 2 is 1.94 bits per heavy atom. The lowest BCUT2D eigenvalue weighted by atomic mass is 10.1. The first-order valence-electron chi connectivity index (χ1n) is 10.2. The molecule has 7 nitrogen and oxygen atoms in total. The molecule has 3 aromatic heterocycles. The molecular formula is C24H21N5O2. The van der Waals surface area contributed by atoms with Gasteiger partial charge in [-0.3, -0.25) is 9.20 Å². The number of benzene rings is 2. The van der Waals surface area contributed by atoms with Gasteiger partial charge >= 0.3 is 0 Å². The van der Waals surface area contributed by atoms with Gasteiger partial charge in [0.05, 0.1) is 12.2 Å². The van der Waals surface area contributed by atoms with Gasteiger partial charge in [0.15, 0.2) is 11.5 Å². The van der Waals surface area contributed by atoms with Gasteiger partial charge in [-0.05, 0) is 42.7 Å². The van der Waals surface area contributed by atoms with Crippen molar-refractivity contribution in [2.45, 2.75) is 25.8 Å². The van der Waals surface area contributed by atoms with Gasteiger partial charge in [-0.25, -0.2) is 15.0 Å². The van der Waals surface area contributed by atoms with Gasteiger partial charge < -0.3 is 9.73 Å². The van der Waals surface area contributed by atoms with E-state index < -0.39 is 0 Å². The molecule has 1 amide bonds. The van der Waals surface area contributed by atoms with Crippen molar-refractivity contribution in [1.82, 2.24) is 24.7 Å². The summed E-state index contributed by atoms with van der Waals surface area (Å²) in [7, 11) is 0. The van der Waals surface area contributed by atoms with E-state index in [1.807, 2.05) is 41.1 Å². The fraction of sp³-hybridized carbons (Fsp3) is 0.167. The fourth-order valence-corrected chi connectivity index (χ4v) is 3.55. The number of carbonyl (C=O) groups excluding carboxylic acids is 1. The third-order valence-corrected chi connectivity index (χ3v) is 5.11. The number of hydrogen-bond acceptors (Lipinski definition) is 5. The predicted molar refractivity (Wildman–Crippen MR) is 117 cm³/mol. The molecule has 0 radical (unpaired) electrons. The molecule has 0 aliphatic carbocycles. The van der Waals surface area contributed by atoms with Crippen molar-refractivity contribution in [1.29, 1.82) is 0 Å². The predicted octanol–water partition coefficient (Wildman–Crippen LogP) is 3.98. The number of carbonyl (C=O) groups is 1. The number of amides is 1. The first kappa shape index (κ1) is 19.0. The molecule has 0 fully saturated rings. The maximum Gasteiger partial charge on any atom is 0.251 e. The topological polar surface area (TPSA) is 85.3 Å². The molecule has 0 bridgehead atoms. The monoisotopic (exact) mass is 411 g/mol. The first-order valence-corrected chi connectivity index (χ1v) is 10.2. The summed E-state index contributed by atoms with van der Waals surface area (Å²) < 4.78 is 7.66. The van der Waals surface area contributed by atoms with Gasteiger partial charge in [-0.2, -0.15) is 0 Å². The molecule has 5 aromatic rings. The second kappa shape index (κ2) is 8.39. The Kier molecular flexibility index (Phi) is 5.14. The summed E-state index contributed by atoms with van der Waals surface area (Å²) in [4.78, 5) is 25.7. The Labute approximate surface area is 178 Å². The third kappa shape index (κ3) is 4.30. The number of imidazole rings is 1. The van der Waals surface area contributed by atoms with Crippen molar-refractivity contribution in [3.05, 3.63) is 95.9 Å². The summed E-state index contributed by atoms with van der Waals surface area (Å²) in [6.07, 6.45) is 8.10. The number of fused-ring (bicyclic) bond motifs is 2. The molecule has 0 saturated heterocycles. The van der Waals surface area contributed by atoms with Crippen LogP contribution in [0.4, 0.5) is 0 Å². The van der Waals surface area contributed by atoms with Gasteiger partial charge in [0.25, 0.3) is 5.91 Å². The zero-order chi connectivity index (χ0) is 21.0. The second-order valence-electron chi connectivity index (χ2n) is 7.37. The van der Waals surface area contributed by atoms with Crippen LogP contribution in [0.25, 0.3) is 16.9 Å². The first-order chi connectivity index (χ1) is 15.2. The van der Waals surface area contributed by atoms with E-state index in [-0.39, 0.29) is 5.91 Å². The van der Waals surface area contributed by atoms with E-state index in [9.17, 15) is 4.79 Å². The van der Waals surface area contributed by atoms with Gasteiger partial charge in [-0.15, -0.1) is 0 Å². The fourth-order valence-electron chi connectivity index (χ4n) is 3.55. The molecule has 31 heavy (non-hydrogen) atoms. The smallest absolute Gasteiger partial charge is 0.251 e. The summed E-state index contributed by atoms with van der Waals surface area (Å²) in [5.74, 6) is 1.12. The van der Waals surface area contributed by atoms with Crippen molar-refractivity contribution < 1.29 is 9.21 Å². The van der Waals surface area contributed by atoms with Crippen LogP contribution in [-0.2, 0) is 19.4 Å². The van der Waals surface area contributed by atoms with E-state index in [2.05, 4.69) is 32.4 Å². The standard InChI is InChI=1S/C24H21N5O2/c30-23(26-15-19-16-29-13-5-12-25-24(29)27-19)18-10-11-21-20(14-18)28-22(31-21)9-4-8-17-6-2-1-3-7-17/h1-3,5-7,10-14,16H,4,8-9,15H2,(H,26,30). The molecule has 0 unspecified atom stereocenters. The van der Waals surface area contributed by atoms with Gasteiger partial charge in [-0.1, -0.05) is 30.3 Å². The van der Waals surface area contributed by atoms with Crippen molar-refractivity contribution in [3.63, 3.8) is 0 Å². The van der Waals surface area contributed by atoms with Gasteiger partial charge in [0, 0.05) is 30.6 Å². The Morgan fingerprint density at radius 3 is 2.81 bits per heavy atom. The minimum Gasteiger partial charge on any atom is -0.441 e. The number of aryl methyl sites for hydroxylation is 2. The summed E-state index contributed by atoms with van der Waals surface area (Å²) in [5.41, 5.74) is 3.98. The molecule has 0 atom stereocenters. The maximum absolute atomic E-state index is 12.6. The number of oxazole rings is 1. The lowest BCUT2D eigenvalue weighted by molar-refractivity contribution is 0.0950. The highest BCUT2D eigenvalue weighted by atomic mass is 16.3. The van der Waals surface area contributed by atoms with Crippen LogP contribution < -0.4 is 5.32 Å². The van der Waals surface area contributed by atoms with Crippen LogP contribution in [0.3, 0.4) is 0 Å². The molecule has 0 saturated carbocycles. The van der Waals surface area contributed by atoms with E-state index in [0.717, 1.165) is 25.0 Å². The molecular weight excluding hydrogens is 390 g/mol. The quantitative estimate of drug-likeness (QED) is 0.438. The van der Waals surface area contributed by atoms with Crippen LogP contribution in [0.2, 0.25) is 0 Å². The van der Waals surface area contributed by atoms with E-state index >= 15 is 0 Å². The number of hydrogen-bond donors (Lipinski definition) is 1. The normalized spacial score (nSPS) is 11.2. The van der Waals surface area contributed by atoms with Gasteiger partial charge in [0.1, 0.15) is 5.52 Å². The van der Waals surface area contributed by atoms with Crippen molar-refractivity contribution in [3.8, 4) is 0 Å². The highest BCUT2D eigenvalue weighted by molar-refractivity contribution is 5.97. The van der Waals surface area contributed by atoms with Crippen LogP contribution >= 0.6 is 0 Å². The molecule has 1 N–H and O–H groups in total. The third-order valence-electron chi connectivity index (χ3n) is 5.11. The number of rotatable bonds is 7. The lowest BCUT2D eigenvalue weighted by Crippen LogP contribution is -2.22. The van der Waals surface area contributed by atoms with Crippen molar-refractivity contribution in [2.24, 2.45) is 0 Å². The Balaban J connectivity index is 1.22. The highest BCUT2D eigenvalue weighted by Gasteiger charge is 2.12. The van der Waals surface area contributed by atoms with E-state index in [1.165, 1.54) is 5.56 Å². The summed E-state index contributed by atoms with van der Waals surface area (Å²) >= 11 is 0. The maximum atomic E-state index is 12.6. The zero-order valence-electron chi connectivity index (χ0n) is 16.9. The average molecular weight is 411 g/mol. The van der Waals surface area contributed by atoms with Crippen LogP contribution in [0.5, 0.6) is 0 Å². The van der Waals surface area contributed by atoms with E-state index in [0.29, 0.717) is 34.9 Å². The largest absolute Gasteiger partial charge is 0.441 e. The molecule has 0 aliphatic rings. The molecule has 154 valence electrons. The Hall–Kier alpha value is -4.00. The van der Waals surface area contributed by atoms with Crippen LogP contribution in [-0.4, -0.2) is 25.3 Å². The van der Waals surface area contributed by atoms with Crippen LogP contribution in [0, 0.1) is 0 Å². The van der Waals surface area contributed by atoms with Crippen molar-refractivity contribution >= 4 is 22.8 Å². The summed E-state index contributed by atoms with van der Waals surface area (Å²) in [5, 5.41) is 2.90. The zero-order valence-corrected chi connectivity index (χ0v) is 16.9. The van der Waals surface area contributed by atoms with Gasteiger partial charge in [0.2, 0.25) is 5.78 Å². The second-order valence-corrected chi connectivity index (χ2v) is 7.37. The molecule has 0 aliphatic heterocycles. The average Bonchev–Trinajstić information content (AvgIpc) is 3.41. The Bertz CT molecular complexity index is 1310. The van der Waals surface area contributed by atoms with E-state index in [4.69, 9.17) is 4.42 Å². The summed E-state index contributed by atoms with van der Waals surface area (Å²) in [6.45, 7) is 0.323. The molecule has 5 rings (SSSR count). The van der Waals surface area contributed by atoms with Crippen LogP contribution in [0.1, 0.15) is 33.9 Å². The lowest BCUT2D eigenvalue weighted by Gasteiger charge is -2.02. The molecule has 7 heteroatoms. The van der Waals surface area contributed by atoms with Crippen LogP contribution in [0.15, 0.2) is 77.6 Å². The van der Waals surface area contributed by atoms with Crippen molar-refractivity contribution in [2.75, 3.05) is 0 Å². The Morgan fingerprint density at radius 1 is 1.03 bits per heavy atom. The molecule has 3 heterocycles. The number of nitrogens with one attached hydrogen (secondary N) is 1. The highest BCUT2D eigenvalue weighted by Crippen LogP contribution is 2.19. The number of nitrogens with zero attached hydrogens (tertiary/aromatic N) is 4. The molecule has 0 spiro atoms.